The van der Waals surface area contributed by atoms with Crippen molar-refractivity contribution in [1.29, 1.82) is 0 Å². The van der Waals surface area contributed by atoms with E-state index in [1.165, 1.54) is 89.9 Å². The summed E-state index contributed by atoms with van der Waals surface area (Å²) >= 11 is 0. The summed E-state index contributed by atoms with van der Waals surface area (Å²) in [7, 11) is -3.50. The van der Waals surface area contributed by atoms with Crippen molar-refractivity contribution in [2.75, 3.05) is 6.61 Å². The molecular formula is C25H45O3P. The van der Waals surface area contributed by atoms with Crippen LogP contribution >= 0.6 is 7.60 Å². The van der Waals surface area contributed by atoms with Gasteiger partial charge in [-0.2, -0.15) is 0 Å². The van der Waals surface area contributed by atoms with Crippen molar-refractivity contribution in [1.82, 2.24) is 0 Å². The van der Waals surface area contributed by atoms with E-state index in [9.17, 15) is 9.46 Å². The van der Waals surface area contributed by atoms with Crippen LogP contribution in [0.4, 0.5) is 0 Å². The number of benzene rings is 1. The summed E-state index contributed by atoms with van der Waals surface area (Å²) in [6, 6.07) is 9.39. The normalized spacial score (nSPS) is 13.4. The molecule has 0 aliphatic heterocycles. The molecule has 0 aliphatic rings. The van der Waals surface area contributed by atoms with Crippen molar-refractivity contribution in [2.45, 2.75) is 116 Å². The second kappa shape index (κ2) is 18.2. The van der Waals surface area contributed by atoms with E-state index in [0.29, 0.717) is 6.61 Å². The molecular weight excluding hydrogens is 379 g/mol. The second-order valence-corrected chi connectivity index (χ2v) is 10.3. The summed E-state index contributed by atoms with van der Waals surface area (Å²) < 4.78 is 17.3. The van der Waals surface area contributed by atoms with Gasteiger partial charge < -0.3 is 9.42 Å². The first-order valence-electron chi connectivity index (χ1n) is 12.1. The van der Waals surface area contributed by atoms with Crippen LogP contribution in [-0.4, -0.2) is 11.5 Å². The van der Waals surface area contributed by atoms with E-state index in [4.69, 9.17) is 4.52 Å². The van der Waals surface area contributed by atoms with E-state index in [0.717, 1.165) is 18.4 Å². The third kappa shape index (κ3) is 16.8. The predicted octanol–water partition coefficient (Wildman–Crippen LogP) is 8.65. The molecule has 0 amide bonds. The molecule has 1 rings (SSSR count). The summed E-state index contributed by atoms with van der Waals surface area (Å²) in [4.78, 5) is 9.93. The zero-order valence-electron chi connectivity index (χ0n) is 18.8. The van der Waals surface area contributed by atoms with Gasteiger partial charge in [-0.15, -0.1) is 0 Å². The number of hydrogen-bond acceptors (Lipinski definition) is 2. The van der Waals surface area contributed by atoms with Crippen molar-refractivity contribution < 1.29 is 14.0 Å². The van der Waals surface area contributed by atoms with E-state index in [-0.39, 0.29) is 6.16 Å². The lowest BCUT2D eigenvalue weighted by molar-refractivity contribution is 0.251. The van der Waals surface area contributed by atoms with Gasteiger partial charge in [0.2, 0.25) is 0 Å². The maximum Gasteiger partial charge on any atom is 0.332 e. The van der Waals surface area contributed by atoms with Crippen LogP contribution in [0.3, 0.4) is 0 Å². The molecule has 1 unspecified atom stereocenters. The van der Waals surface area contributed by atoms with Gasteiger partial charge in [-0.3, -0.25) is 4.57 Å². The van der Waals surface area contributed by atoms with Gasteiger partial charge in [0.25, 0.3) is 0 Å². The summed E-state index contributed by atoms with van der Waals surface area (Å²) in [5, 5.41) is 0. The molecule has 0 spiro atoms. The highest BCUT2D eigenvalue weighted by atomic mass is 31.2. The molecule has 1 aromatic carbocycles. The highest BCUT2D eigenvalue weighted by molar-refractivity contribution is 7.51. The van der Waals surface area contributed by atoms with E-state index >= 15 is 0 Å². The highest BCUT2D eigenvalue weighted by Crippen LogP contribution is 2.45. The van der Waals surface area contributed by atoms with Crippen LogP contribution in [0.25, 0.3) is 0 Å². The lowest BCUT2D eigenvalue weighted by atomic mass is 10.0. The van der Waals surface area contributed by atoms with Crippen LogP contribution in [0.1, 0.15) is 115 Å². The van der Waals surface area contributed by atoms with Crippen molar-refractivity contribution in [2.24, 2.45) is 0 Å². The zero-order chi connectivity index (χ0) is 21.0. The molecule has 0 aromatic heterocycles. The Labute approximate surface area is 180 Å². The summed E-state index contributed by atoms with van der Waals surface area (Å²) in [6.45, 7) is 2.66. The molecule has 1 N–H and O–H groups in total. The Morgan fingerprint density at radius 2 is 1.10 bits per heavy atom. The van der Waals surface area contributed by atoms with Crippen LogP contribution < -0.4 is 0 Å². The first-order valence-corrected chi connectivity index (χ1v) is 13.9. The van der Waals surface area contributed by atoms with E-state index in [1.54, 1.807) is 0 Å². The van der Waals surface area contributed by atoms with Gasteiger partial charge in [0.05, 0.1) is 12.8 Å². The van der Waals surface area contributed by atoms with Crippen molar-refractivity contribution >= 4 is 7.60 Å². The molecule has 0 saturated carbocycles. The Morgan fingerprint density at radius 3 is 1.55 bits per heavy atom. The van der Waals surface area contributed by atoms with E-state index in [2.05, 4.69) is 6.92 Å². The minimum atomic E-state index is -3.50. The molecule has 168 valence electrons. The van der Waals surface area contributed by atoms with Gasteiger partial charge in [-0.25, -0.2) is 0 Å². The number of unbranched alkanes of at least 4 members (excludes halogenated alkanes) is 15. The van der Waals surface area contributed by atoms with Gasteiger partial charge in [-0.1, -0.05) is 134 Å². The standard InChI is InChI=1S/C25H45O3P/c1-2-3-4-5-6-7-8-9-10-11-12-13-14-15-16-20-23-28-29(26,27)24-25-21-18-17-19-22-25/h17-19,21-22H,2-16,20,23-24H2,1H3,(H,26,27). The first-order chi connectivity index (χ1) is 14.1. The van der Waals surface area contributed by atoms with Gasteiger partial charge >= 0.3 is 7.60 Å². The van der Waals surface area contributed by atoms with Crippen LogP contribution in [0.15, 0.2) is 30.3 Å². The molecule has 29 heavy (non-hydrogen) atoms. The second-order valence-electron chi connectivity index (χ2n) is 8.42. The Bertz CT molecular complexity index is 518. The lowest BCUT2D eigenvalue weighted by Crippen LogP contribution is -1.96. The van der Waals surface area contributed by atoms with Gasteiger partial charge in [-0.05, 0) is 12.0 Å². The molecule has 0 saturated heterocycles. The average molecular weight is 425 g/mol. The third-order valence-corrected chi connectivity index (χ3v) is 6.87. The summed E-state index contributed by atoms with van der Waals surface area (Å²) in [6.07, 6.45) is 21.3. The topological polar surface area (TPSA) is 46.5 Å². The van der Waals surface area contributed by atoms with E-state index < -0.39 is 7.60 Å². The maximum absolute atomic E-state index is 12.1. The molecule has 0 bridgehead atoms. The van der Waals surface area contributed by atoms with Crippen molar-refractivity contribution in [3.8, 4) is 0 Å². The minimum Gasteiger partial charge on any atom is -0.324 e. The fraction of sp³-hybridized carbons (Fsp3) is 0.760. The Morgan fingerprint density at radius 1 is 0.690 bits per heavy atom. The maximum atomic E-state index is 12.1. The summed E-state index contributed by atoms with van der Waals surface area (Å²) in [5.41, 5.74) is 0.852. The Balaban J connectivity index is 1.81. The SMILES string of the molecule is CCCCCCCCCCCCCCCCCCOP(=O)(O)Cc1ccccc1. The smallest absolute Gasteiger partial charge is 0.324 e. The lowest BCUT2D eigenvalue weighted by Gasteiger charge is -2.12. The third-order valence-electron chi connectivity index (χ3n) is 5.52. The number of rotatable bonds is 20. The van der Waals surface area contributed by atoms with Crippen LogP contribution in [-0.2, 0) is 15.3 Å². The molecule has 0 fully saturated rings. The average Bonchev–Trinajstić information content (AvgIpc) is 2.70. The fourth-order valence-electron chi connectivity index (χ4n) is 3.72. The molecule has 0 aliphatic carbocycles. The number of hydrogen-bond donors (Lipinski definition) is 1. The van der Waals surface area contributed by atoms with Crippen molar-refractivity contribution in [3.63, 3.8) is 0 Å². The molecule has 0 heterocycles. The first kappa shape index (κ1) is 26.4. The highest BCUT2D eigenvalue weighted by Gasteiger charge is 2.19. The van der Waals surface area contributed by atoms with Crippen LogP contribution in [0.2, 0.25) is 0 Å². The molecule has 1 atom stereocenters. The molecule has 4 heteroatoms. The largest absolute Gasteiger partial charge is 0.332 e. The van der Waals surface area contributed by atoms with Gasteiger partial charge in [0, 0.05) is 0 Å². The zero-order valence-corrected chi connectivity index (χ0v) is 19.7. The quantitative estimate of drug-likeness (QED) is 0.168. The Kier molecular flexibility index (Phi) is 16.5. The fourth-order valence-corrected chi connectivity index (χ4v) is 4.90. The monoisotopic (exact) mass is 424 g/mol. The van der Waals surface area contributed by atoms with E-state index in [1.807, 2.05) is 30.3 Å². The summed E-state index contributed by atoms with van der Waals surface area (Å²) in [5.74, 6) is 0. The van der Waals surface area contributed by atoms with Crippen LogP contribution in [0.5, 0.6) is 0 Å². The molecule has 1 aromatic rings. The van der Waals surface area contributed by atoms with Gasteiger partial charge in [0.15, 0.2) is 0 Å². The van der Waals surface area contributed by atoms with Crippen molar-refractivity contribution in [3.05, 3.63) is 35.9 Å². The minimum absolute atomic E-state index is 0.104. The molecule has 3 nitrogen and oxygen atoms in total. The Hall–Kier alpha value is -0.630. The predicted molar refractivity (Wildman–Crippen MR) is 125 cm³/mol. The van der Waals surface area contributed by atoms with Crippen LogP contribution in [0, 0.1) is 0 Å². The molecule has 0 radical (unpaired) electrons. The van der Waals surface area contributed by atoms with Gasteiger partial charge in [0.1, 0.15) is 0 Å².